The monoisotopic (exact) mass is 330 g/mol. The van der Waals surface area contributed by atoms with Crippen LogP contribution in [0.3, 0.4) is 0 Å². The van der Waals surface area contributed by atoms with E-state index in [0.717, 1.165) is 18.5 Å². The number of nitrogens with one attached hydrogen (secondary N) is 2. The van der Waals surface area contributed by atoms with Gasteiger partial charge in [-0.15, -0.1) is 0 Å². The van der Waals surface area contributed by atoms with E-state index in [4.69, 9.17) is 11.6 Å². The van der Waals surface area contributed by atoms with Crippen LogP contribution >= 0.6 is 11.6 Å². The van der Waals surface area contributed by atoms with Crippen LogP contribution in [0.2, 0.25) is 5.02 Å². The van der Waals surface area contributed by atoms with Crippen molar-refractivity contribution in [2.75, 3.05) is 0 Å². The van der Waals surface area contributed by atoms with E-state index in [2.05, 4.69) is 16.7 Å². The van der Waals surface area contributed by atoms with Gasteiger partial charge >= 0.3 is 0 Å². The van der Waals surface area contributed by atoms with Gasteiger partial charge in [0.25, 0.3) is 5.91 Å². The van der Waals surface area contributed by atoms with Crippen molar-refractivity contribution in [2.45, 2.75) is 19.4 Å². The molecule has 2 bridgehead atoms. The molecule has 1 aliphatic carbocycles. The zero-order valence-corrected chi connectivity index (χ0v) is 13.2. The molecular formula is C18H16ClFN2O. The van der Waals surface area contributed by atoms with Gasteiger partial charge in [0, 0.05) is 23.7 Å². The van der Waals surface area contributed by atoms with Crippen LogP contribution in [0.5, 0.6) is 0 Å². The Morgan fingerprint density at radius 1 is 1.30 bits per heavy atom. The number of halogens is 2. The Kier molecular flexibility index (Phi) is 4.63. The molecule has 0 aromatic heterocycles. The first-order valence-corrected chi connectivity index (χ1v) is 7.74. The lowest BCUT2D eigenvalue weighted by Crippen LogP contribution is -2.30. The Hall–Kier alpha value is -2.33. The Balaban J connectivity index is 1.67. The van der Waals surface area contributed by atoms with Gasteiger partial charge in [0.2, 0.25) is 0 Å². The minimum atomic E-state index is -0.394. The molecule has 3 rings (SSSR count). The minimum absolute atomic E-state index is 0.206. The van der Waals surface area contributed by atoms with Crippen molar-refractivity contribution >= 4 is 17.5 Å². The molecule has 1 aromatic rings. The van der Waals surface area contributed by atoms with Gasteiger partial charge in [-0.05, 0) is 30.2 Å². The number of rotatable bonds is 3. The first-order valence-electron chi connectivity index (χ1n) is 7.36. The van der Waals surface area contributed by atoms with E-state index in [9.17, 15) is 9.18 Å². The molecule has 5 heteroatoms. The molecule has 0 fully saturated rings. The van der Waals surface area contributed by atoms with Crippen molar-refractivity contribution in [3.8, 4) is 0 Å². The topological polar surface area (TPSA) is 41.1 Å². The SMILES string of the molecule is O=C(NCc1ccc(F)cc1Cl)C1=CCC2=CC=CC=C(C2)N1. The highest BCUT2D eigenvalue weighted by atomic mass is 35.5. The van der Waals surface area contributed by atoms with E-state index < -0.39 is 5.82 Å². The van der Waals surface area contributed by atoms with Crippen molar-refractivity contribution < 1.29 is 9.18 Å². The smallest absolute Gasteiger partial charge is 0.267 e. The van der Waals surface area contributed by atoms with Crippen LogP contribution in [-0.2, 0) is 11.3 Å². The largest absolute Gasteiger partial charge is 0.354 e. The van der Waals surface area contributed by atoms with Crippen LogP contribution in [0.1, 0.15) is 18.4 Å². The molecular weight excluding hydrogens is 315 g/mol. The summed E-state index contributed by atoms with van der Waals surface area (Å²) in [7, 11) is 0. The second kappa shape index (κ2) is 6.84. The number of fused-ring (bicyclic) bond motifs is 2. The molecule has 3 nitrogen and oxygen atoms in total. The van der Waals surface area contributed by atoms with Crippen molar-refractivity contribution in [1.29, 1.82) is 0 Å². The molecule has 23 heavy (non-hydrogen) atoms. The Bertz CT molecular complexity index is 762. The maximum absolute atomic E-state index is 13.0. The molecule has 0 spiro atoms. The van der Waals surface area contributed by atoms with Gasteiger partial charge in [0.15, 0.2) is 0 Å². The maximum atomic E-state index is 13.0. The minimum Gasteiger partial charge on any atom is -0.354 e. The molecule has 0 radical (unpaired) electrons. The summed E-state index contributed by atoms with van der Waals surface area (Å²) >= 11 is 5.97. The second-order valence-electron chi connectivity index (χ2n) is 5.44. The van der Waals surface area contributed by atoms with Crippen molar-refractivity contribution in [1.82, 2.24) is 10.6 Å². The second-order valence-corrected chi connectivity index (χ2v) is 5.85. The molecule has 1 aromatic carbocycles. The van der Waals surface area contributed by atoms with Gasteiger partial charge in [-0.1, -0.05) is 47.5 Å². The summed E-state index contributed by atoms with van der Waals surface area (Å²) in [6.07, 6.45) is 11.4. The van der Waals surface area contributed by atoms with Gasteiger partial charge in [-0.2, -0.15) is 0 Å². The molecule has 2 N–H and O–H groups in total. The lowest BCUT2D eigenvalue weighted by Gasteiger charge is -2.12. The van der Waals surface area contributed by atoms with Crippen molar-refractivity contribution in [2.24, 2.45) is 0 Å². The number of amides is 1. The molecule has 0 saturated heterocycles. The summed E-state index contributed by atoms with van der Waals surface area (Å²) in [5, 5.41) is 6.29. The third-order valence-corrected chi connectivity index (χ3v) is 4.07. The number of carbonyl (C=O) groups excluding carboxylic acids is 1. The van der Waals surface area contributed by atoms with Crippen LogP contribution in [-0.4, -0.2) is 5.91 Å². The molecule has 0 unspecified atom stereocenters. The molecule has 1 aliphatic heterocycles. The van der Waals surface area contributed by atoms with Gasteiger partial charge < -0.3 is 10.6 Å². The third-order valence-electron chi connectivity index (χ3n) is 3.72. The first-order chi connectivity index (χ1) is 11.1. The zero-order chi connectivity index (χ0) is 16.2. The average Bonchev–Trinajstić information content (AvgIpc) is 2.87. The molecule has 1 heterocycles. The predicted octanol–water partition coefficient (Wildman–Crippen LogP) is 3.74. The number of benzene rings is 1. The number of hydrogen-bond donors (Lipinski definition) is 2. The van der Waals surface area contributed by atoms with Crippen molar-refractivity contribution in [3.05, 3.63) is 81.9 Å². The lowest BCUT2D eigenvalue weighted by molar-refractivity contribution is -0.118. The highest BCUT2D eigenvalue weighted by Crippen LogP contribution is 2.22. The quantitative estimate of drug-likeness (QED) is 0.886. The van der Waals surface area contributed by atoms with Gasteiger partial charge in [-0.3, -0.25) is 4.79 Å². The number of hydrogen-bond acceptors (Lipinski definition) is 2. The van der Waals surface area contributed by atoms with Crippen LogP contribution in [0.15, 0.2) is 65.5 Å². The first kappa shape index (κ1) is 15.6. The maximum Gasteiger partial charge on any atom is 0.267 e. The lowest BCUT2D eigenvalue weighted by atomic mass is 10.1. The Labute approximate surface area is 139 Å². The number of carbonyl (C=O) groups is 1. The summed E-state index contributed by atoms with van der Waals surface area (Å²) in [6, 6.07) is 4.14. The summed E-state index contributed by atoms with van der Waals surface area (Å²) in [4.78, 5) is 12.4. The summed E-state index contributed by atoms with van der Waals surface area (Å²) in [6.45, 7) is 0.249. The fraction of sp³-hybridized carbons (Fsp3) is 0.167. The summed E-state index contributed by atoms with van der Waals surface area (Å²) in [5.74, 6) is -0.600. The van der Waals surface area contributed by atoms with E-state index >= 15 is 0 Å². The average molecular weight is 331 g/mol. The van der Waals surface area contributed by atoms with Gasteiger partial charge in [-0.25, -0.2) is 4.39 Å². The highest BCUT2D eigenvalue weighted by Gasteiger charge is 2.16. The van der Waals surface area contributed by atoms with Crippen LogP contribution < -0.4 is 10.6 Å². The summed E-state index contributed by atoms with van der Waals surface area (Å²) < 4.78 is 13.0. The third kappa shape index (κ3) is 3.90. The molecule has 2 aliphatic rings. The molecule has 1 amide bonds. The van der Waals surface area contributed by atoms with Crippen LogP contribution in [0, 0.1) is 5.82 Å². The number of allylic oxidation sites excluding steroid dienone is 6. The standard InChI is InChI=1S/C18H16ClFN2O/c19-16-10-14(20)7-6-13(16)11-21-18(23)17-8-5-12-3-1-2-4-15(9-12)22-17/h1-4,6-8,10,22H,5,9,11H2,(H,21,23). The zero-order valence-electron chi connectivity index (χ0n) is 12.4. The van der Waals surface area contributed by atoms with E-state index in [1.54, 1.807) is 6.07 Å². The van der Waals surface area contributed by atoms with Crippen LogP contribution in [0.4, 0.5) is 4.39 Å². The van der Waals surface area contributed by atoms with Crippen LogP contribution in [0.25, 0.3) is 0 Å². The molecule has 0 saturated carbocycles. The predicted molar refractivity (Wildman–Crippen MR) is 89.0 cm³/mol. The summed E-state index contributed by atoms with van der Waals surface area (Å²) in [5.41, 5.74) is 3.44. The fourth-order valence-electron chi connectivity index (χ4n) is 2.49. The van der Waals surface area contributed by atoms with E-state index in [0.29, 0.717) is 16.3 Å². The highest BCUT2D eigenvalue weighted by molar-refractivity contribution is 6.31. The fourth-order valence-corrected chi connectivity index (χ4v) is 2.73. The molecule has 0 atom stereocenters. The normalized spacial score (nSPS) is 16.3. The Morgan fingerprint density at radius 2 is 2.13 bits per heavy atom. The van der Waals surface area contributed by atoms with E-state index in [1.165, 1.54) is 17.7 Å². The Morgan fingerprint density at radius 3 is 2.96 bits per heavy atom. The van der Waals surface area contributed by atoms with E-state index in [-0.39, 0.29) is 12.5 Å². The molecule has 118 valence electrons. The van der Waals surface area contributed by atoms with Gasteiger partial charge in [0.05, 0.1) is 0 Å². The van der Waals surface area contributed by atoms with Crippen molar-refractivity contribution in [3.63, 3.8) is 0 Å². The van der Waals surface area contributed by atoms with Gasteiger partial charge in [0.1, 0.15) is 11.5 Å². The van der Waals surface area contributed by atoms with E-state index in [1.807, 2.05) is 24.3 Å².